The molecule has 1 aliphatic heterocycles. The normalized spacial score (nSPS) is 15.3. The summed E-state index contributed by atoms with van der Waals surface area (Å²) in [6, 6.07) is 6.63. The van der Waals surface area contributed by atoms with Crippen molar-refractivity contribution in [3.8, 4) is 17.1 Å². The van der Waals surface area contributed by atoms with E-state index in [2.05, 4.69) is 35.3 Å². The number of ether oxygens (including phenoxy) is 2. The Bertz CT molecular complexity index is 947. The molecule has 1 fully saturated rings. The number of aromatic nitrogens is 4. The summed E-state index contributed by atoms with van der Waals surface area (Å²) in [7, 11) is 0. The molecule has 0 atom stereocenters. The van der Waals surface area contributed by atoms with E-state index in [1.807, 2.05) is 29.9 Å². The minimum Gasteiger partial charge on any atom is -0.477 e. The third-order valence-corrected chi connectivity index (χ3v) is 4.95. The van der Waals surface area contributed by atoms with E-state index in [1.54, 1.807) is 6.20 Å². The molecular weight excluding hydrogens is 354 g/mol. The van der Waals surface area contributed by atoms with Gasteiger partial charge >= 0.3 is 0 Å². The number of hydrogen-bond acceptors (Lipinski definition) is 6. The first-order valence-corrected chi connectivity index (χ1v) is 9.98. The molecule has 7 nitrogen and oxygen atoms in total. The molecule has 1 saturated heterocycles. The first-order valence-electron chi connectivity index (χ1n) is 9.98. The Morgan fingerprint density at radius 1 is 1.32 bits per heavy atom. The average molecular weight is 381 g/mol. The number of nitrogens with zero attached hydrogens (tertiary/aromatic N) is 4. The molecule has 28 heavy (non-hydrogen) atoms. The number of fused-ring (bicyclic) bond motifs is 1. The molecule has 0 unspecified atom stereocenters. The van der Waals surface area contributed by atoms with Crippen LogP contribution in [0.5, 0.6) is 5.88 Å². The van der Waals surface area contributed by atoms with Crippen molar-refractivity contribution in [3.63, 3.8) is 0 Å². The Morgan fingerprint density at radius 3 is 2.89 bits per heavy atom. The van der Waals surface area contributed by atoms with E-state index in [9.17, 15) is 0 Å². The van der Waals surface area contributed by atoms with Gasteiger partial charge in [0.1, 0.15) is 11.0 Å². The summed E-state index contributed by atoms with van der Waals surface area (Å²) in [5.74, 6) is 0.602. The number of anilines is 1. The lowest BCUT2D eigenvalue weighted by atomic mass is 10.1. The molecule has 0 aromatic carbocycles. The van der Waals surface area contributed by atoms with E-state index in [4.69, 9.17) is 14.5 Å². The zero-order valence-corrected chi connectivity index (χ0v) is 16.7. The lowest BCUT2D eigenvalue weighted by Gasteiger charge is -2.25. The number of hydrogen-bond donors (Lipinski definition) is 1. The Balaban J connectivity index is 1.83. The van der Waals surface area contributed by atoms with Crippen LogP contribution in [-0.4, -0.2) is 45.6 Å². The van der Waals surface area contributed by atoms with E-state index in [0.29, 0.717) is 18.5 Å². The SMILES string of the molecule is CCOc1ncccc1-c1cc(NC2CCOCC2)c2c(cnn2C(C)C)n1. The van der Waals surface area contributed by atoms with Crippen molar-refractivity contribution in [3.05, 3.63) is 30.6 Å². The van der Waals surface area contributed by atoms with Gasteiger partial charge in [0.15, 0.2) is 0 Å². The molecule has 1 N–H and O–H groups in total. The smallest absolute Gasteiger partial charge is 0.222 e. The zero-order valence-electron chi connectivity index (χ0n) is 16.7. The minimum absolute atomic E-state index is 0.248. The van der Waals surface area contributed by atoms with Crippen molar-refractivity contribution in [1.82, 2.24) is 19.7 Å². The Kier molecular flexibility index (Phi) is 5.43. The van der Waals surface area contributed by atoms with Crippen LogP contribution in [0.4, 0.5) is 5.69 Å². The van der Waals surface area contributed by atoms with Crippen LogP contribution in [0.3, 0.4) is 0 Å². The molecule has 0 spiro atoms. The number of pyridine rings is 2. The summed E-state index contributed by atoms with van der Waals surface area (Å²) in [4.78, 5) is 9.26. The van der Waals surface area contributed by atoms with Crippen LogP contribution in [0.2, 0.25) is 0 Å². The van der Waals surface area contributed by atoms with Crippen LogP contribution in [-0.2, 0) is 4.74 Å². The highest BCUT2D eigenvalue weighted by atomic mass is 16.5. The van der Waals surface area contributed by atoms with Gasteiger partial charge in [0.2, 0.25) is 5.88 Å². The number of rotatable bonds is 6. The second kappa shape index (κ2) is 8.14. The maximum absolute atomic E-state index is 5.73. The Morgan fingerprint density at radius 2 is 2.14 bits per heavy atom. The lowest BCUT2D eigenvalue weighted by molar-refractivity contribution is 0.0905. The molecule has 7 heteroatoms. The molecule has 0 bridgehead atoms. The van der Waals surface area contributed by atoms with E-state index in [-0.39, 0.29) is 6.04 Å². The summed E-state index contributed by atoms with van der Waals surface area (Å²) in [5, 5.41) is 8.31. The van der Waals surface area contributed by atoms with Gasteiger partial charge < -0.3 is 14.8 Å². The van der Waals surface area contributed by atoms with Crippen LogP contribution in [0.25, 0.3) is 22.3 Å². The van der Waals surface area contributed by atoms with Crippen LogP contribution < -0.4 is 10.1 Å². The van der Waals surface area contributed by atoms with E-state index in [1.165, 1.54) is 0 Å². The Hall–Kier alpha value is -2.67. The summed E-state index contributed by atoms with van der Waals surface area (Å²) in [6.07, 6.45) is 5.56. The standard InChI is InChI=1S/C21H27N5O2/c1-4-28-21-16(6-5-9-22-21)17-12-18(24-15-7-10-27-11-8-15)20-19(25-17)13-23-26(20)14(2)3/h5-6,9,12-15H,4,7-8,10-11H2,1-3H3,(H,24,25). The van der Waals surface area contributed by atoms with Crippen molar-refractivity contribution in [2.45, 2.75) is 45.7 Å². The lowest BCUT2D eigenvalue weighted by Crippen LogP contribution is -2.28. The molecule has 4 rings (SSSR count). The van der Waals surface area contributed by atoms with Gasteiger partial charge in [-0.3, -0.25) is 4.68 Å². The van der Waals surface area contributed by atoms with Gasteiger partial charge in [-0.05, 0) is 51.8 Å². The fourth-order valence-electron chi connectivity index (χ4n) is 3.60. The predicted octanol–water partition coefficient (Wildman–Crippen LogP) is 4.06. The fourth-order valence-corrected chi connectivity index (χ4v) is 3.60. The quantitative estimate of drug-likeness (QED) is 0.694. The molecule has 1 aliphatic rings. The molecule has 0 aliphatic carbocycles. The summed E-state index contributed by atoms with van der Waals surface area (Å²) < 4.78 is 13.3. The zero-order chi connectivity index (χ0) is 19.5. The van der Waals surface area contributed by atoms with Crippen molar-refractivity contribution in [2.24, 2.45) is 0 Å². The average Bonchev–Trinajstić information content (AvgIpc) is 3.14. The minimum atomic E-state index is 0.248. The van der Waals surface area contributed by atoms with E-state index >= 15 is 0 Å². The molecule has 3 aromatic rings. The molecule has 0 radical (unpaired) electrons. The summed E-state index contributed by atoms with van der Waals surface area (Å²) in [6.45, 7) is 8.36. The number of nitrogens with one attached hydrogen (secondary N) is 1. The summed E-state index contributed by atoms with van der Waals surface area (Å²) >= 11 is 0. The fraction of sp³-hybridized carbons (Fsp3) is 0.476. The highest BCUT2D eigenvalue weighted by Gasteiger charge is 2.20. The summed E-state index contributed by atoms with van der Waals surface area (Å²) in [5.41, 5.74) is 4.67. The van der Waals surface area contributed by atoms with Gasteiger partial charge in [-0.1, -0.05) is 0 Å². The van der Waals surface area contributed by atoms with Crippen molar-refractivity contribution >= 4 is 16.7 Å². The third kappa shape index (κ3) is 3.67. The van der Waals surface area contributed by atoms with Gasteiger partial charge in [-0.15, -0.1) is 0 Å². The van der Waals surface area contributed by atoms with Crippen LogP contribution in [0, 0.1) is 0 Å². The monoisotopic (exact) mass is 381 g/mol. The van der Waals surface area contributed by atoms with Gasteiger partial charge in [0, 0.05) is 31.5 Å². The van der Waals surface area contributed by atoms with Crippen LogP contribution in [0.1, 0.15) is 39.7 Å². The van der Waals surface area contributed by atoms with Crippen LogP contribution >= 0.6 is 0 Å². The second-order valence-corrected chi connectivity index (χ2v) is 7.29. The highest BCUT2D eigenvalue weighted by molar-refractivity contribution is 5.91. The molecule has 0 amide bonds. The van der Waals surface area contributed by atoms with Crippen molar-refractivity contribution < 1.29 is 9.47 Å². The topological polar surface area (TPSA) is 74.1 Å². The molecule has 0 saturated carbocycles. The maximum atomic E-state index is 5.73. The van der Waals surface area contributed by atoms with E-state index in [0.717, 1.165) is 54.0 Å². The second-order valence-electron chi connectivity index (χ2n) is 7.29. The largest absolute Gasteiger partial charge is 0.477 e. The van der Waals surface area contributed by atoms with Crippen molar-refractivity contribution in [1.29, 1.82) is 0 Å². The van der Waals surface area contributed by atoms with Gasteiger partial charge in [-0.2, -0.15) is 5.10 Å². The molecule has 4 heterocycles. The van der Waals surface area contributed by atoms with Crippen molar-refractivity contribution in [2.75, 3.05) is 25.1 Å². The highest BCUT2D eigenvalue weighted by Crippen LogP contribution is 2.34. The predicted molar refractivity (Wildman–Crippen MR) is 110 cm³/mol. The first-order chi connectivity index (χ1) is 13.7. The Labute approximate surface area is 165 Å². The molecule has 3 aromatic heterocycles. The maximum Gasteiger partial charge on any atom is 0.222 e. The van der Waals surface area contributed by atoms with E-state index < -0.39 is 0 Å². The molecular formula is C21H27N5O2. The van der Waals surface area contributed by atoms with Gasteiger partial charge in [0.05, 0.1) is 29.7 Å². The molecule has 148 valence electrons. The third-order valence-electron chi connectivity index (χ3n) is 4.95. The first kappa shape index (κ1) is 18.7. The van der Waals surface area contributed by atoms with Gasteiger partial charge in [0.25, 0.3) is 0 Å². The van der Waals surface area contributed by atoms with Gasteiger partial charge in [-0.25, -0.2) is 9.97 Å². The van der Waals surface area contributed by atoms with Crippen LogP contribution in [0.15, 0.2) is 30.6 Å².